The molecule has 0 aliphatic carbocycles. The maximum absolute atomic E-state index is 6.21. The second-order valence-corrected chi connectivity index (χ2v) is 8.86. The number of nitrogens with two attached hydrogens (primary N) is 4. The van der Waals surface area contributed by atoms with Gasteiger partial charge in [-0.05, 0) is 25.3 Å². The molecule has 31 heavy (non-hydrogen) atoms. The molecule has 0 bridgehead atoms. The third kappa shape index (κ3) is 5.40. The molecular formula is C21H34N10. The van der Waals surface area contributed by atoms with Crippen LogP contribution in [0.25, 0.3) is 0 Å². The Labute approximate surface area is 183 Å². The van der Waals surface area contributed by atoms with Crippen molar-refractivity contribution in [1.82, 2.24) is 15.0 Å². The van der Waals surface area contributed by atoms with Crippen molar-refractivity contribution in [2.24, 2.45) is 22.9 Å². The van der Waals surface area contributed by atoms with Crippen molar-refractivity contribution >= 4 is 17.8 Å². The molecule has 0 saturated carbocycles. The molecule has 168 valence electrons. The summed E-state index contributed by atoms with van der Waals surface area (Å²) in [6.45, 7) is 4.71. The Morgan fingerprint density at radius 1 is 0.774 bits per heavy atom. The van der Waals surface area contributed by atoms with Gasteiger partial charge in [0.05, 0.1) is 6.04 Å². The van der Waals surface area contributed by atoms with E-state index in [4.69, 9.17) is 37.9 Å². The van der Waals surface area contributed by atoms with E-state index in [-0.39, 0.29) is 30.2 Å². The smallest absolute Gasteiger partial charge is 0.232 e. The lowest BCUT2D eigenvalue weighted by atomic mass is 10.0. The van der Waals surface area contributed by atoms with Gasteiger partial charge in [-0.2, -0.15) is 15.0 Å². The quantitative estimate of drug-likeness (QED) is 0.432. The molecule has 10 nitrogen and oxygen atoms in total. The summed E-state index contributed by atoms with van der Waals surface area (Å²) in [5.41, 5.74) is 26.0. The zero-order valence-corrected chi connectivity index (χ0v) is 18.1. The molecular weight excluding hydrogens is 392 g/mol. The Hall–Kier alpha value is -2.53. The van der Waals surface area contributed by atoms with Gasteiger partial charge in [-0.1, -0.05) is 30.3 Å². The number of piperidine rings is 2. The number of hydrogen-bond acceptors (Lipinski definition) is 10. The standard InChI is InChI=1S/C21H34N10/c1-13(14-5-3-2-4-6-14)26-19-27-20(30-9-15(22)7-16(23)10-30)29-21(28-19)31-11-17(24)8-18(25)12-31/h2-6,13,15-18H,7-12,22-25H2,1H3,(H,26,27,28,29)/t13?,15-,16+,17-,18+. The number of benzene rings is 1. The van der Waals surface area contributed by atoms with Crippen LogP contribution in [0.15, 0.2) is 30.3 Å². The van der Waals surface area contributed by atoms with Crippen LogP contribution in [-0.2, 0) is 0 Å². The van der Waals surface area contributed by atoms with E-state index in [1.807, 2.05) is 28.0 Å². The molecule has 2 saturated heterocycles. The minimum Gasteiger partial charge on any atom is -0.348 e. The summed E-state index contributed by atoms with van der Waals surface area (Å²) in [7, 11) is 0. The number of nitrogens with zero attached hydrogens (tertiary/aromatic N) is 5. The Bertz CT molecular complexity index is 798. The molecule has 5 atom stereocenters. The first kappa shape index (κ1) is 21.7. The first-order valence-corrected chi connectivity index (χ1v) is 11.0. The van der Waals surface area contributed by atoms with Gasteiger partial charge in [-0.15, -0.1) is 0 Å². The van der Waals surface area contributed by atoms with Crippen LogP contribution in [-0.4, -0.2) is 65.3 Å². The summed E-state index contributed by atoms with van der Waals surface area (Å²) < 4.78 is 0. The SMILES string of the molecule is CC(Nc1nc(N2C[C@H](N)C[C@H](N)C2)nc(N2C[C@H](N)C[C@H](N)C2)n1)c1ccccc1. The van der Waals surface area contributed by atoms with Crippen molar-refractivity contribution in [2.45, 2.75) is 50.0 Å². The molecule has 1 unspecified atom stereocenters. The largest absolute Gasteiger partial charge is 0.348 e. The fraction of sp³-hybridized carbons (Fsp3) is 0.571. The van der Waals surface area contributed by atoms with Gasteiger partial charge in [0.1, 0.15) is 0 Å². The molecule has 0 amide bonds. The highest BCUT2D eigenvalue weighted by atomic mass is 15.4. The molecule has 2 aromatic rings. The van der Waals surface area contributed by atoms with Crippen LogP contribution >= 0.6 is 0 Å². The molecule has 2 aliphatic rings. The summed E-state index contributed by atoms with van der Waals surface area (Å²) in [5, 5.41) is 3.42. The maximum atomic E-state index is 6.21. The van der Waals surface area contributed by atoms with Crippen LogP contribution in [0.2, 0.25) is 0 Å². The van der Waals surface area contributed by atoms with Crippen molar-refractivity contribution in [3.05, 3.63) is 35.9 Å². The topological polar surface area (TPSA) is 161 Å². The summed E-state index contributed by atoms with van der Waals surface area (Å²) in [4.78, 5) is 18.3. The van der Waals surface area contributed by atoms with Crippen LogP contribution in [0, 0.1) is 0 Å². The Morgan fingerprint density at radius 2 is 1.23 bits per heavy atom. The van der Waals surface area contributed by atoms with Gasteiger partial charge in [0.25, 0.3) is 0 Å². The molecule has 0 radical (unpaired) electrons. The van der Waals surface area contributed by atoms with Crippen molar-refractivity contribution in [3.8, 4) is 0 Å². The van der Waals surface area contributed by atoms with Crippen LogP contribution in [0.1, 0.15) is 31.4 Å². The highest BCUT2D eigenvalue weighted by molar-refractivity contribution is 5.47. The van der Waals surface area contributed by atoms with E-state index in [1.165, 1.54) is 0 Å². The monoisotopic (exact) mass is 426 g/mol. The molecule has 10 heteroatoms. The summed E-state index contributed by atoms with van der Waals surface area (Å²) in [5.74, 6) is 1.66. The molecule has 0 spiro atoms. The number of hydrogen-bond donors (Lipinski definition) is 5. The first-order valence-electron chi connectivity index (χ1n) is 11.0. The van der Waals surface area contributed by atoms with Crippen LogP contribution in [0.3, 0.4) is 0 Å². The van der Waals surface area contributed by atoms with Gasteiger partial charge in [-0.25, -0.2) is 0 Å². The fourth-order valence-electron chi connectivity index (χ4n) is 4.40. The van der Waals surface area contributed by atoms with E-state index < -0.39 is 0 Å². The van der Waals surface area contributed by atoms with Crippen LogP contribution in [0.4, 0.5) is 17.8 Å². The molecule has 3 heterocycles. The van der Waals surface area contributed by atoms with Crippen LogP contribution in [0.5, 0.6) is 0 Å². The third-order valence-electron chi connectivity index (χ3n) is 5.85. The zero-order chi connectivity index (χ0) is 22.0. The molecule has 1 aromatic heterocycles. The molecule has 4 rings (SSSR count). The van der Waals surface area contributed by atoms with Gasteiger partial charge in [0.15, 0.2) is 0 Å². The lowest BCUT2D eigenvalue weighted by molar-refractivity contribution is 0.441. The highest BCUT2D eigenvalue weighted by Crippen LogP contribution is 2.24. The molecule has 2 fully saturated rings. The predicted molar refractivity (Wildman–Crippen MR) is 124 cm³/mol. The molecule has 2 aliphatic heterocycles. The molecule has 9 N–H and O–H groups in total. The average Bonchev–Trinajstić information content (AvgIpc) is 2.73. The fourth-order valence-corrected chi connectivity index (χ4v) is 4.40. The highest BCUT2D eigenvalue weighted by Gasteiger charge is 2.29. The van der Waals surface area contributed by atoms with Crippen molar-refractivity contribution in [1.29, 1.82) is 0 Å². The maximum Gasteiger partial charge on any atom is 0.232 e. The summed E-state index contributed by atoms with van der Waals surface area (Å²) in [6.07, 6.45) is 1.58. The van der Waals surface area contributed by atoms with Gasteiger partial charge >= 0.3 is 0 Å². The predicted octanol–water partition coefficient (Wildman–Crippen LogP) is -0.226. The lowest BCUT2D eigenvalue weighted by Crippen LogP contribution is -2.54. The van der Waals surface area contributed by atoms with E-state index in [1.54, 1.807) is 0 Å². The second kappa shape index (κ2) is 9.31. The van der Waals surface area contributed by atoms with Gasteiger partial charge in [0, 0.05) is 50.3 Å². The zero-order valence-electron chi connectivity index (χ0n) is 18.1. The van der Waals surface area contributed by atoms with E-state index in [0.29, 0.717) is 44.0 Å². The Morgan fingerprint density at radius 3 is 1.68 bits per heavy atom. The lowest BCUT2D eigenvalue weighted by Gasteiger charge is -2.37. The van der Waals surface area contributed by atoms with E-state index in [0.717, 1.165) is 18.4 Å². The van der Waals surface area contributed by atoms with Crippen molar-refractivity contribution < 1.29 is 0 Å². The average molecular weight is 427 g/mol. The van der Waals surface area contributed by atoms with Gasteiger partial charge < -0.3 is 38.1 Å². The summed E-state index contributed by atoms with van der Waals surface area (Å²) >= 11 is 0. The van der Waals surface area contributed by atoms with E-state index >= 15 is 0 Å². The van der Waals surface area contributed by atoms with Gasteiger partial charge in [-0.3, -0.25) is 0 Å². The number of nitrogens with one attached hydrogen (secondary N) is 1. The Kier molecular flexibility index (Phi) is 6.51. The number of aromatic nitrogens is 3. The van der Waals surface area contributed by atoms with Crippen LogP contribution < -0.4 is 38.1 Å². The first-order chi connectivity index (χ1) is 14.9. The van der Waals surface area contributed by atoms with E-state index in [9.17, 15) is 0 Å². The minimum absolute atomic E-state index is 0.0135. The molecule has 1 aromatic carbocycles. The normalized spacial score (nSPS) is 27.8. The van der Waals surface area contributed by atoms with Gasteiger partial charge in [0.2, 0.25) is 17.8 Å². The summed E-state index contributed by atoms with van der Waals surface area (Å²) in [6, 6.07) is 10.2. The number of anilines is 3. The third-order valence-corrected chi connectivity index (χ3v) is 5.85. The van der Waals surface area contributed by atoms with Crippen molar-refractivity contribution in [2.75, 3.05) is 41.3 Å². The second-order valence-electron chi connectivity index (χ2n) is 8.86. The van der Waals surface area contributed by atoms with E-state index in [2.05, 4.69) is 24.4 Å². The Balaban J connectivity index is 1.64. The minimum atomic E-state index is -0.0135. The van der Waals surface area contributed by atoms with Crippen molar-refractivity contribution in [3.63, 3.8) is 0 Å². The number of rotatable bonds is 5.